The molecule has 2 saturated carbocycles. The van der Waals surface area contributed by atoms with Crippen LogP contribution in [0.25, 0.3) is 22.6 Å². The number of pyridine rings is 2. The highest BCUT2D eigenvalue weighted by molar-refractivity contribution is 5.67. The van der Waals surface area contributed by atoms with Gasteiger partial charge in [-0.1, -0.05) is 0 Å². The quantitative estimate of drug-likeness (QED) is 0.132. The van der Waals surface area contributed by atoms with Crippen LogP contribution in [-0.2, 0) is 9.47 Å². The Kier molecular flexibility index (Phi) is 14.0. The molecule has 16 nitrogen and oxygen atoms in total. The van der Waals surface area contributed by atoms with Gasteiger partial charge in [-0.3, -0.25) is 18.7 Å². The van der Waals surface area contributed by atoms with Crippen molar-refractivity contribution in [3.63, 3.8) is 0 Å². The van der Waals surface area contributed by atoms with Crippen LogP contribution in [0.15, 0.2) is 46.2 Å². The Labute approximate surface area is 401 Å². The van der Waals surface area contributed by atoms with Crippen molar-refractivity contribution in [2.45, 2.75) is 153 Å². The summed E-state index contributed by atoms with van der Waals surface area (Å²) < 4.78 is 81.3. The molecule has 2 saturated heterocycles. The van der Waals surface area contributed by atoms with Crippen molar-refractivity contribution in [3.05, 3.63) is 103 Å². The molecule has 6 aromatic heterocycles. The lowest BCUT2D eigenvalue weighted by molar-refractivity contribution is -0.0445. The fraction of sp³-hybridized carbons (Fsp3) is 0.560. The van der Waals surface area contributed by atoms with Crippen LogP contribution >= 0.6 is 0 Å². The van der Waals surface area contributed by atoms with E-state index in [-0.39, 0.29) is 98.6 Å². The fourth-order valence-electron chi connectivity index (χ4n) is 10.2. The van der Waals surface area contributed by atoms with E-state index in [9.17, 15) is 27.2 Å². The molecule has 2 aliphatic heterocycles. The molecule has 2 aliphatic carbocycles. The first-order chi connectivity index (χ1) is 33.5. The van der Waals surface area contributed by atoms with Crippen LogP contribution in [0.1, 0.15) is 158 Å². The standard InChI is InChI=1S/2C25H29F2N5O3/c2*1-14-15(2)30-23-22(29-14)31-21(24(33)32(23)18-4-8-25(26,27)9-5-18)17-7-11-35-19(12-17)16-6-10-28-20(13-16)34-3/h2*6,10,13,17-19H,4-5,7-9,11-12H2,1-3H3/t17-,19+;/m1./s1. The van der Waals surface area contributed by atoms with Crippen LogP contribution in [0.3, 0.4) is 0 Å². The minimum Gasteiger partial charge on any atom is -0.481 e. The number of aromatic nitrogens is 10. The predicted octanol–water partition coefficient (Wildman–Crippen LogP) is 9.19. The summed E-state index contributed by atoms with van der Waals surface area (Å²) in [5.41, 5.74) is 6.48. The summed E-state index contributed by atoms with van der Waals surface area (Å²) in [7, 11) is 3.12. The molecule has 4 atom stereocenters. The maximum absolute atomic E-state index is 13.9. The van der Waals surface area contributed by atoms with Crippen LogP contribution in [0.4, 0.5) is 17.6 Å². The van der Waals surface area contributed by atoms with Crippen molar-refractivity contribution in [1.29, 1.82) is 0 Å². The zero-order chi connectivity index (χ0) is 49.5. The van der Waals surface area contributed by atoms with E-state index in [4.69, 9.17) is 28.9 Å². The van der Waals surface area contributed by atoms with Gasteiger partial charge in [-0.05, 0) is 102 Å². The molecule has 8 heterocycles. The minimum absolute atomic E-state index is 0.162. The third-order valence-electron chi connectivity index (χ3n) is 14.5. The molecule has 0 bridgehead atoms. The van der Waals surface area contributed by atoms with Crippen LogP contribution in [0, 0.1) is 27.7 Å². The SMILES string of the molecule is COc1cc(C2CC(c3nc4nc(C)c(C)nc4n(C4CCC(F)(F)CC4)c3=O)CCO2)ccn1.COc1cc([C@@H]2C[C@H](c3nc4nc(C)c(C)nc4n(C4CCC(F)(F)CC4)c3=O)CCO2)ccn1. The van der Waals surface area contributed by atoms with Gasteiger partial charge in [0, 0.05) is 87.3 Å². The minimum atomic E-state index is -2.69. The third kappa shape index (κ3) is 10.2. The topological polar surface area (TPSA) is 184 Å². The number of alkyl halides is 4. The number of ether oxygens (including phenoxy) is 4. The zero-order valence-electron chi connectivity index (χ0n) is 40.3. The Hall–Kier alpha value is -6.02. The lowest BCUT2D eigenvalue weighted by atomic mass is 9.89. The van der Waals surface area contributed by atoms with Crippen LogP contribution < -0.4 is 20.6 Å². The van der Waals surface area contributed by atoms with Crippen molar-refractivity contribution in [3.8, 4) is 11.8 Å². The van der Waals surface area contributed by atoms with Crippen molar-refractivity contribution < 1.29 is 36.5 Å². The van der Waals surface area contributed by atoms with Crippen LogP contribution in [-0.4, -0.2) is 88.3 Å². The van der Waals surface area contributed by atoms with Gasteiger partial charge in [0.2, 0.25) is 23.6 Å². The summed E-state index contributed by atoms with van der Waals surface area (Å²) in [6.07, 6.45) is 5.12. The number of fused-ring (bicyclic) bond motifs is 2. The van der Waals surface area contributed by atoms with Gasteiger partial charge >= 0.3 is 0 Å². The van der Waals surface area contributed by atoms with Gasteiger partial charge in [0.25, 0.3) is 11.1 Å². The number of methoxy groups -OCH3 is 2. The van der Waals surface area contributed by atoms with E-state index >= 15 is 0 Å². The maximum atomic E-state index is 13.9. The number of aryl methyl sites for hydroxylation is 4. The highest BCUT2D eigenvalue weighted by Gasteiger charge is 2.40. The molecule has 0 spiro atoms. The van der Waals surface area contributed by atoms with Crippen molar-refractivity contribution in [2.24, 2.45) is 0 Å². The first-order valence-electron chi connectivity index (χ1n) is 24.0. The van der Waals surface area contributed by atoms with Crippen molar-refractivity contribution in [1.82, 2.24) is 49.0 Å². The lowest BCUT2D eigenvalue weighted by Gasteiger charge is -2.32. The molecule has 4 aliphatic rings. The van der Waals surface area contributed by atoms with Gasteiger partial charge in [0.05, 0.1) is 49.2 Å². The molecule has 0 aromatic carbocycles. The molecule has 6 aromatic rings. The monoisotopic (exact) mass is 970 g/mol. The fourth-order valence-corrected chi connectivity index (χ4v) is 10.2. The van der Waals surface area contributed by atoms with Crippen LogP contribution in [0.2, 0.25) is 0 Å². The summed E-state index contributed by atoms with van der Waals surface area (Å²) in [6, 6.07) is 6.70. The second-order valence-electron chi connectivity index (χ2n) is 19.0. The molecule has 0 radical (unpaired) electrons. The first-order valence-corrected chi connectivity index (χ1v) is 24.0. The lowest BCUT2D eigenvalue weighted by Crippen LogP contribution is -2.36. The highest BCUT2D eigenvalue weighted by atomic mass is 19.3. The Morgan fingerprint density at radius 3 is 1.30 bits per heavy atom. The molecule has 372 valence electrons. The molecule has 20 heteroatoms. The predicted molar refractivity (Wildman–Crippen MR) is 250 cm³/mol. The molecular weight excluding hydrogens is 913 g/mol. The number of halogens is 4. The van der Waals surface area contributed by atoms with Gasteiger partial charge in [0.1, 0.15) is 11.4 Å². The Bertz CT molecular complexity index is 2810. The number of hydrogen-bond acceptors (Lipinski definition) is 14. The van der Waals surface area contributed by atoms with Crippen LogP contribution in [0.5, 0.6) is 11.8 Å². The average Bonchev–Trinajstić information content (AvgIpc) is 3.35. The summed E-state index contributed by atoms with van der Waals surface area (Å²) >= 11 is 0. The molecule has 0 amide bonds. The van der Waals surface area contributed by atoms with Crippen molar-refractivity contribution in [2.75, 3.05) is 27.4 Å². The summed E-state index contributed by atoms with van der Waals surface area (Å²) in [5, 5.41) is 0. The highest BCUT2D eigenvalue weighted by Crippen LogP contribution is 2.42. The second-order valence-corrected chi connectivity index (χ2v) is 19.0. The molecule has 0 N–H and O–H groups in total. The van der Waals surface area contributed by atoms with E-state index in [0.29, 0.717) is 96.0 Å². The van der Waals surface area contributed by atoms with Crippen molar-refractivity contribution >= 4 is 22.6 Å². The average molecular weight is 971 g/mol. The van der Waals surface area contributed by atoms with E-state index in [1.165, 1.54) is 0 Å². The maximum Gasteiger partial charge on any atom is 0.274 e. The van der Waals surface area contributed by atoms with Gasteiger partial charge in [-0.15, -0.1) is 0 Å². The zero-order valence-corrected chi connectivity index (χ0v) is 40.3. The van der Waals surface area contributed by atoms with E-state index in [1.807, 2.05) is 52.0 Å². The summed E-state index contributed by atoms with van der Waals surface area (Å²) in [5.74, 6) is -4.72. The normalized spacial score (nSPS) is 22.9. The first kappa shape index (κ1) is 49.0. The van der Waals surface area contributed by atoms with Gasteiger partial charge in [-0.25, -0.2) is 57.4 Å². The van der Waals surface area contributed by atoms with Gasteiger partial charge in [0.15, 0.2) is 22.6 Å². The molecular formula is C50H58F4N10O6. The number of rotatable bonds is 8. The molecule has 70 heavy (non-hydrogen) atoms. The van der Waals surface area contributed by atoms with E-state index in [0.717, 1.165) is 22.5 Å². The van der Waals surface area contributed by atoms with E-state index in [1.54, 1.807) is 35.7 Å². The Balaban J connectivity index is 0.000000174. The summed E-state index contributed by atoms with van der Waals surface area (Å²) in [4.78, 5) is 63.9. The largest absolute Gasteiger partial charge is 0.481 e. The van der Waals surface area contributed by atoms with E-state index in [2.05, 4.69) is 29.9 Å². The third-order valence-corrected chi connectivity index (χ3v) is 14.5. The molecule has 2 unspecified atom stereocenters. The molecule has 10 rings (SSSR count). The van der Waals surface area contributed by atoms with Gasteiger partial charge < -0.3 is 18.9 Å². The second kappa shape index (κ2) is 20.0. The number of nitrogens with zero attached hydrogens (tertiary/aromatic N) is 10. The Morgan fingerprint density at radius 2 is 0.929 bits per heavy atom. The molecule has 4 fully saturated rings. The summed E-state index contributed by atoms with van der Waals surface area (Å²) in [6.45, 7) is 8.28. The van der Waals surface area contributed by atoms with Gasteiger partial charge in [-0.2, -0.15) is 0 Å². The smallest absolute Gasteiger partial charge is 0.274 e. The Morgan fingerprint density at radius 1 is 0.557 bits per heavy atom. The van der Waals surface area contributed by atoms with E-state index < -0.39 is 11.8 Å². The number of hydrogen-bond donors (Lipinski definition) is 0.